The zero-order valence-corrected chi connectivity index (χ0v) is 15.5. The van der Waals surface area contributed by atoms with Crippen molar-refractivity contribution in [2.24, 2.45) is 13.0 Å². The Morgan fingerprint density at radius 1 is 1.27 bits per heavy atom. The van der Waals surface area contributed by atoms with E-state index in [1.807, 2.05) is 39.1 Å². The molecular weight excluding hydrogens is 326 g/mol. The summed E-state index contributed by atoms with van der Waals surface area (Å²) >= 11 is 0. The number of aromatic nitrogens is 5. The van der Waals surface area contributed by atoms with Crippen LogP contribution in [0.4, 0.5) is 0 Å². The van der Waals surface area contributed by atoms with Gasteiger partial charge in [0.25, 0.3) is 0 Å². The van der Waals surface area contributed by atoms with Crippen molar-refractivity contribution in [3.8, 4) is 0 Å². The summed E-state index contributed by atoms with van der Waals surface area (Å²) in [5, 5.41) is 15.9. The molecule has 1 aliphatic rings. The maximum atomic E-state index is 8.36. The topological polar surface area (TPSA) is 84.4 Å². The Kier molecular flexibility index (Phi) is 3.86. The van der Waals surface area contributed by atoms with Crippen LogP contribution < -0.4 is 5.32 Å². The van der Waals surface area contributed by atoms with Crippen molar-refractivity contribution in [1.82, 2.24) is 29.6 Å². The number of para-hydroxylation sites is 2. The van der Waals surface area contributed by atoms with E-state index in [9.17, 15) is 0 Å². The van der Waals surface area contributed by atoms with Crippen LogP contribution in [0.1, 0.15) is 29.8 Å². The molecule has 2 atom stereocenters. The van der Waals surface area contributed by atoms with Crippen LogP contribution in [0.2, 0.25) is 0 Å². The fourth-order valence-corrected chi connectivity index (χ4v) is 3.64. The lowest BCUT2D eigenvalue weighted by Crippen LogP contribution is -2.17. The summed E-state index contributed by atoms with van der Waals surface area (Å²) in [6.07, 6.45) is 2.89. The second kappa shape index (κ2) is 6.09. The van der Waals surface area contributed by atoms with Crippen molar-refractivity contribution in [2.45, 2.75) is 26.2 Å². The molecule has 1 fully saturated rings. The van der Waals surface area contributed by atoms with Gasteiger partial charge in [-0.15, -0.1) is 5.10 Å². The highest BCUT2D eigenvalue weighted by molar-refractivity contribution is 5.92. The van der Waals surface area contributed by atoms with Crippen LogP contribution in [0.25, 0.3) is 11.0 Å². The molecule has 1 aromatic carbocycles. The quantitative estimate of drug-likeness (QED) is 0.560. The van der Waals surface area contributed by atoms with Crippen LogP contribution in [0, 0.1) is 25.2 Å². The second-order valence-electron chi connectivity index (χ2n) is 6.82. The van der Waals surface area contributed by atoms with E-state index in [4.69, 9.17) is 10.4 Å². The molecule has 0 radical (unpaired) electrons. The number of imidazole rings is 1. The van der Waals surface area contributed by atoms with E-state index in [1.165, 1.54) is 0 Å². The Morgan fingerprint density at radius 2 is 2.04 bits per heavy atom. The van der Waals surface area contributed by atoms with E-state index in [-0.39, 0.29) is 0 Å². The maximum absolute atomic E-state index is 8.36. The fraction of sp³-hybridized carbons (Fsp3) is 0.368. The molecule has 26 heavy (non-hydrogen) atoms. The monoisotopic (exact) mass is 349 g/mol. The molecule has 1 aliphatic carbocycles. The maximum Gasteiger partial charge on any atom is 0.149 e. The van der Waals surface area contributed by atoms with Crippen LogP contribution in [0.15, 0.2) is 36.0 Å². The van der Waals surface area contributed by atoms with E-state index in [1.54, 1.807) is 4.68 Å². The highest BCUT2D eigenvalue weighted by Gasteiger charge is 2.44. The molecule has 2 aromatic heterocycles. The van der Waals surface area contributed by atoms with Crippen molar-refractivity contribution in [3.63, 3.8) is 0 Å². The predicted molar refractivity (Wildman–Crippen MR) is 101 cm³/mol. The molecule has 1 saturated carbocycles. The first kappa shape index (κ1) is 16.5. The summed E-state index contributed by atoms with van der Waals surface area (Å²) in [6, 6.07) is 8.22. The summed E-state index contributed by atoms with van der Waals surface area (Å²) in [7, 11) is 3.98. The number of allylic oxidation sites excluding steroid dienone is 2. The van der Waals surface area contributed by atoms with Crippen LogP contribution in [-0.2, 0) is 7.05 Å². The average molecular weight is 349 g/mol. The van der Waals surface area contributed by atoms with Gasteiger partial charge in [-0.1, -0.05) is 12.1 Å². The standard InChI is InChI=1S/C19H23N7/c1-11-22-12(2)26(24-11)18(20)10-16(21-3)13-9-14(13)19-23-15-7-5-6-8-17(15)25(19)4/h5-8,10,13-14,20-21H,9H2,1-4H3/b16-10-,20-18?/t13-,14-/m1/s1. The van der Waals surface area contributed by atoms with Gasteiger partial charge in [0, 0.05) is 37.7 Å². The highest BCUT2D eigenvalue weighted by atomic mass is 15.4. The number of benzene rings is 1. The first-order valence-corrected chi connectivity index (χ1v) is 8.79. The number of nitrogens with zero attached hydrogens (tertiary/aromatic N) is 5. The summed E-state index contributed by atoms with van der Waals surface area (Å²) < 4.78 is 3.75. The molecule has 7 heteroatoms. The molecular formula is C19H23N7. The van der Waals surface area contributed by atoms with Crippen LogP contribution in [0.3, 0.4) is 0 Å². The molecule has 0 aliphatic heterocycles. The summed E-state index contributed by atoms with van der Waals surface area (Å²) in [4.78, 5) is 9.09. The van der Waals surface area contributed by atoms with E-state index in [0.29, 0.717) is 23.5 Å². The number of hydrogen-bond donors (Lipinski definition) is 2. The van der Waals surface area contributed by atoms with Gasteiger partial charge in [-0.2, -0.15) is 0 Å². The number of hydrogen-bond acceptors (Lipinski definition) is 5. The molecule has 7 nitrogen and oxygen atoms in total. The van der Waals surface area contributed by atoms with E-state index >= 15 is 0 Å². The van der Waals surface area contributed by atoms with Crippen molar-refractivity contribution in [2.75, 3.05) is 7.05 Å². The summed E-state index contributed by atoms with van der Waals surface area (Å²) in [5.74, 6) is 3.55. The van der Waals surface area contributed by atoms with Crippen LogP contribution in [0.5, 0.6) is 0 Å². The molecule has 0 saturated heterocycles. The zero-order chi connectivity index (χ0) is 18.4. The average Bonchev–Trinajstić information content (AvgIpc) is 3.24. The van der Waals surface area contributed by atoms with Crippen molar-refractivity contribution in [1.29, 1.82) is 5.41 Å². The van der Waals surface area contributed by atoms with Gasteiger partial charge < -0.3 is 9.88 Å². The zero-order valence-electron chi connectivity index (χ0n) is 15.5. The highest BCUT2D eigenvalue weighted by Crippen LogP contribution is 2.50. The SMILES string of the molecule is CN/C(=C\C(=N)n1nc(C)nc1C)[C@@H]1C[C@H]1c1nc2ccccc2n1C. The van der Waals surface area contributed by atoms with Gasteiger partial charge in [0.2, 0.25) is 0 Å². The number of aryl methyl sites for hydroxylation is 3. The Morgan fingerprint density at radius 3 is 2.69 bits per heavy atom. The van der Waals surface area contributed by atoms with Gasteiger partial charge in [0.05, 0.1) is 11.0 Å². The Balaban J connectivity index is 1.60. The van der Waals surface area contributed by atoms with Gasteiger partial charge in [0.1, 0.15) is 23.3 Å². The van der Waals surface area contributed by atoms with Crippen molar-refractivity contribution in [3.05, 3.63) is 53.5 Å². The first-order valence-electron chi connectivity index (χ1n) is 8.79. The molecule has 4 rings (SSSR count). The van der Waals surface area contributed by atoms with Gasteiger partial charge >= 0.3 is 0 Å². The summed E-state index contributed by atoms with van der Waals surface area (Å²) in [6.45, 7) is 3.70. The molecule has 2 N–H and O–H groups in total. The first-order chi connectivity index (χ1) is 12.5. The molecule has 0 amide bonds. The second-order valence-corrected chi connectivity index (χ2v) is 6.82. The number of nitrogens with one attached hydrogen (secondary N) is 2. The lowest BCUT2D eigenvalue weighted by atomic mass is 10.2. The third-order valence-electron chi connectivity index (χ3n) is 5.03. The molecule has 0 bridgehead atoms. The minimum Gasteiger partial charge on any atom is -0.391 e. The predicted octanol–water partition coefficient (Wildman–Crippen LogP) is 2.51. The minimum absolute atomic E-state index is 0.322. The fourth-order valence-electron chi connectivity index (χ4n) is 3.64. The normalized spacial score (nSPS) is 19.8. The van der Waals surface area contributed by atoms with E-state index in [2.05, 4.69) is 39.1 Å². The number of rotatable bonds is 4. The van der Waals surface area contributed by atoms with Gasteiger partial charge in [-0.3, -0.25) is 5.41 Å². The number of fused-ring (bicyclic) bond motifs is 1. The third kappa shape index (κ3) is 2.69. The molecule has 0 spiro atoms. The van der Waals surface area contributed by atoms with Crippen LogP contribution in [-0.4, -0.2) is 37.2 Å². The third-order valence-corrected chi connectivity index (χ3v) is 5.03. The lowest BCUT2D eigenvalue weighted by Gasteiger charge is -2.08. The van der Waals surface area contributed by atoms with Gasteiger partial charge in [-0.05, 0) is 32.4 Å². The Bertz CT molecular complexity index is 1020. The molecule has 134 valence electrons. The largest absolute Gasteiger partial charge is 0.391 e. The van der Waals surface area contributed by atoms with Crippen LogP contribution >= 0.6 is 0 Å². The van der Waals surface area contributed by atoms with Crippen molar-refractivity contribution < 1.29 is 0 Å². The lowest BCUT2D eigenvalue weighted by molar-refractivity contribution is 0.757. The van der Waals surface area contributed by atoms with E-state index < -0.39 is 0 Å². The minimum atomic E-state index is 0.322. The van der Waals surface area contributed by atoms with Gasteiger partial charge in [0.15, 0.2) is 0 Å². The molecule has 2 heterocycles. The molecule has 0 unspecified atom stereocenters. The van der Waals surface area contributed by atoms with Crippen molar-refractivity contribution >= 4 is 16.9 Å². The van der Waals surface area contributed by atoms with Gasteiger partial charge in [-0.25, -0.2) is 14.6 Å². The summed E-state index contributed by atoms with van der Waals surface area (Å²) in [5.41, 5.74) is 3.23. The smallest absolute Gasteiger partial charge is 0.149 e. The van der Waals surface area contributed by atoms with E-state index in [0.717, 1.165) is 34.8 Å². The Labute approximate surface area is 152 Å². The Hall–Kier alpha value is -2.96. The molecule has 3 aromatic rings.